The molecular weight excluding hydrogens is 328 g/mol. The summed E-state index contributed by atoms with van der Waals surface area (Å²) < 4.78 is 5.15. The minimum atomic E-state index is -0.0972. The fraction of sp³-hybridized carbons (Fsp3) is 0.333. The van der Waals surface area contributed by atoms with E-state index in [4.69, 9.17) is 4.74 Å². The summed E-state index contributed by atoms with van der Waals surface area (Å²) in [7, 11) is 3.39. The number of likely N-dealkylation sites (N-methyl/N-ethyl adjacent to an activating group) is 1. The van der Waals surface area contributed by atoms with E-state index in [0.29, 0.717) is 19.5 Å². The molecule has 0 fully saturated rings. The maximum Gasteiger partial charge on any atom is 0.242 e. The van der Waals surface area contributed by atoms with E-state index >= 15 is 0 Å². The van der Waals surface area contributed by atoms with Crippen LogP contribution in [0.3, 0.4) is 0 Å². The number of ether oxygens (including phenoxy) is 1. The number of carbonyl (C=O) groups excluding carboxylic acids is 2. The zero-order chi connectivity index (χ0) is 18.9. The molecule has 2 aromatic carbocycles. The molecule has 0 bridgehead atoms. The molecule has 0 atom stereocenters. The first-order valence-electron chi connectivity index (χ1n) is 8.66. The van der Waals surface area contributed by atoms with Gasteiger partial charge in [0.05, 0.1) is 13.7 Å². The molecule has 138 valence electrons. The Labute approximate surface area is 155 Å². The van der Waals surface area contributed by atoms with Crippen LogP contribution in [0.5, 0.6) is 5.75 Å². The standard InChI is InChI=1S/C21H26N2O3/c1-17(24)23(14-13-18-9-11-20(26-3)12-10-18)16-21(25)22(2)15-19-7-5-4-6-8-19/h4-12H,13-16H2,1-3H3. The first-order valence-corrected chi connectivity index (χ1v) is 8.66. The topological polar surface area (TPSA) is 49.9 Å². The molecule has 0 N–H and O–H groups in total. The Balaban J connectivity index is 1.89. The number of amides is 2. The smallest absolute Gasteiger partial charge is 0.242 e. The molecule has 0 aliphatic carbocycles. The molecule has 0 saturated heterocycles. The van der Waals surface area contributed by atoms with Crippen molar-refractivity contribution in [1.29, 1.82) is 0 Å². The van der Waals surface area contributed by atoms with Gasteiger partial charge >= 0.3 is 0 Å². The van der Waals surface area contributed by atoms with E-state index in [1.807, 2.05) is 54.6 Å². The highest BCUT2D eigenvalue weighted by molar-refractivity contribution is 5.83. The van der Waals surface area contributed by atoms with Crippen LogP contribution in [0.1, 0.15) is 18.1 Å². The minimum absolute atomic E-state index is 0.0706. The minimum Gasteiger partial charge on any atom is -0.497 e. The third kappa shape index (κ3) is 5.92. The van der Waals surface area contributed by atoms with Crippen molar-refractivity contribution in [2.45, 2.75) is 19.9 Å². The zero-order valence-corrected chi connectivity index (χ0v) is 15.6. The molecule has 0 spiro atoms. The molecule has 2 rings (SSSR count). The van der Waals surface area contributed by atoms with Gasteiger partial charge in [0.2, 0.25) is 11.8 Å². The molecule has 5 nitrogen and oxygen atoms in total. The van der Waals surface area contributed by atoms with Crippen LogP contribution < -0.4 is 4.74 Å². The van der Waals surface area contributed by atoms with E-state index in [9.17, 15) is 9.59 Å². The first kappa shape index (κ1) is 19.5. The Bertz CT molecular complexity index is 714. The maximum absolute atomic E-state index is 12.5. The van der Waals surface area contributed by atoms with Crippen molar-refractivity contribution in [2.24, 2.45) is 0 Å². The fourth-order valence-electron chi connectivity index (χ4n) is 2.63. The second-order valence-electron chi connectivity index (χ2n) is 6.27. The van der Waals surface area contributed by atoms with Crippen LogP contribution >= 0.6 is 0 Å². The van der Waals surface area contributed by atoms with Gasteiger partial charge in [-0.2, -0.15) is 0 Å². The van der Waals surface area contributed by atoms with Gasteiger partial charge in [0.25, 0.3) is 0 Å². The Morgan fingerprint density at radius 2 is 1.62 bits per heavy atom. The van der Waals surface area contributed by atoms with Crippen molar-refractivity contribution in [1.82, 2.24) is 9.80 Å². The summed E-state index contributed by atoms with van der Waals surface area (Å²) in [4.78, 5) is 27.6. The highest BCUT2D eigenvalue weighted by Crippen LogP contribution is 2.12. The molecule has 0 saturated carbocycles. The van der Waals surface area contributed by atoms with E-state index in [0.717, 1.165) is 16.9 Å². The van der Waals surface area contributed by atoms with Crippen molar-refractivity contribution in [2.75, 3.05) is 27.2 Å². The average Bonchev–Trinajstić information content (AvgIpc) is 2.65. The predicted octanol–water partition coefficient (Wildman–Crippen LogP) is 2.74. The van der Waals surface area contributed by atoms with Crippen molar-refractivity contribution in [3.8, 4) is 5.75 Å². The zero-order valence-electron chi connectivity index (χ0n) is 15.6. The molecule has 0 radical (unpaired) electrons. The van der Waals surface area contributed by atoms with Gasteiger partial charge in [-0.25, -0.2) is 0 Å². The van der Waals surface area contributed by atoms with E-state index in [-0.39, 0.29) is 18.4 Å². The molecule has 0 aromatic heterocycles. The number of benzene rings is 2. The third-order valence-corrected chi connectivity index (χ3v) is 4.29. The summed E-state index contributed by atoms with van der Waals surface area (Å²) in [5, 5.41) is 0. The lowest BCUT2D eigenvalue weighted by Crippen LogP contribution is -2.41. The second kappa shape index (κ2) is 9.61. The van der Waals surface area contributed by atoms with Gasteiger partial charge in [0, 0.05) is 27.1 Å². The summed E-state index contributed by atoms with van der Waals surface area (Å²) in [5.74, 6) is 0.633. The van der Waals surface area contributed by atoms with Gasteiger partial charge in [0.15, 0.2) is 0 Å². The van der Waals surface area contributed by atoms with Gasteiger partial charge in [-0.1, -0.05) is 42.5 Å². The Morgan fingerprint density at radius 3 is 2.19 bits per heavy atom. The molecule has 0 heterocycles. The monoisotopic (exact) mass is 354 g/mol. The van der Waals surface area contributed by atoms with E-state index in [1.165, 1.54) is 6.92 Å². The Kier molecular flexibility index (Phi) is 7.21. The number of nitrogens with zero attached hydrogens (tertiary/aromatic N) is 2. The van der Waals surface area contributed by atoms with Crippen LogP contribution in [0.4, 0.5) is 0 Å². The van der Waals surface area contributed by atoms with Crippen LogP contribution in [0.25, 0.3) is 0 Å². The van der Waals surface area contributed by atoms with Crippen LogP contribution in [0.2, 0.25) is 0 Å². The van der Waals surface area contributed by atoms with Gasteiger partial charge < -0.3 is 14.5 Å². The highest BCUT2D eigenvalue weighted by Gasteiger charge is 2.17. The van der Waals surface area contributed by atoms with Crippen LogP contribution in [0.15, 0.2) is 54.6 Å². The fourth-order valence-corrected chi connectivity index (χ4v) is 2.63. The number of hydrogen-bond acceptors (Lipinski definition) is 3. The number of methoxy groups -OCH3 is 1. The lowest BCUT2D eigenvalue weighted by Gasteiger charge is -2.24. The molecule has 5 heteroatoms. The van der Waals surface area contributed by atoms with Gasteiger partial charge in [0.1, 0.15) is 5.75 Å². The molecule has 26 heavy (non-hydrogen) atoms. The maximum atomic E-state index is 12.5. The van der Waals surface area contributed by atoms with Crippen molar-refractivity contribution in [3.63, 3.8) is 0 Å². The Morgan fingerprint density at radius 1 is 0.962 bits per heavy atom. The summed E-state index contributed by atoms with van der Waals surface area (Å²) in [6.07, 6.45) is 0.694. The molecular formula is C21H26N2O3. The summed E-state index contributed by atoms with van der Waals surface area (Å²) in [5.41, 5.74) is 2.16. The van der Waals surface area contributed by atoms with Crippen LogP contribution in [-0.4, -0.2) is 48.9 Å². The van der Waals surface area contributed by atoms with Gasteiger partial charge in [-0.3, -0.25) is 9.59 Å². The largest absolute Gasteiger partial charge is 0.497 e. The highest BCUT2D eigenvalue weighted by atomic mass is 16.5. The molecule has 2 amide bonds. The SMILES string of the molecule is COc1ccc(CCN(CC(=O)N(C)Cc2ccccc2)C(C)=O)cc1. The lowest BCUT2D eigenvalue weighted by molar-refractivity contribution is -0.138. The van der Waals surface area contributed by atoms with E-state index in [1.54, 1.807) is 24.0 Å². The van der Waals surface area contributed by atoms with Crippen LogP contribution in [-0.2, 0) is 22.6 Å². The second-order valence-corrected chi connectivity index (χ2v) is 6.27. The summed E-state index contributed by atoms with van der Waals surface area (Å²) >= 11 is 0. The molecule has 0 aliphatic heterocycles. The van der Waals surface area contributed by atoms with E-state index in [2.05, 4.69) is 0 Å². The number of hydrogen-bond donors (Lipinski definition) is 0. The van der Waals surface area contributed by atoms with Gasteiger partial charge in [-0.05, 0) is 29.7 Å². The van der Waals surface area contributed by atoms with E-state index < -0.39 is 0 Å². The van der Waals surface area contributed by atoms with Crippen LogP contribution in [0, 0.1) is 0 Å². The van der Waals surface area contributed by atoms with Crippen molar-refractivity contribution >= 4 is 11.8 Å². The number of rotatable bonds is 8. The van der Waals surface area contributed by atoms with Crippen molar-refractivity contribution in [3.05, 3.63) is 65.7 Å². The molecule has 0 aliphatic rings. The molecule has 0 unspecified atom stereocenters. The summed E-state index contributed by atoms with van der Waals surface area (Å²) in [6, 6.07) is 17.5. The van der Waals surface area contributed by atoms with Crippen molar-refractivity contribution < 1.29 is 14.3 Å². The third-order valence-electron chi connectivity index (χ3n) is 4.29. The quantitative estimate of drug-likeness (QED) is 0.732. The van der Waals surface area contributed by atoms with Gasteiger partial charge in [-0.15, -0.1) is 0 Å². The summed E-state index contributed by atoms with van der Waals surface area (Å²) in [6.45, 7) is 2.63. The average molecular weight is 354 g/mol. The molecule has 2 aromatic rings. The number of carbonyl (C=O) groups is 2. The Hall–Kier alpha value is -2.82. The predicted molar refractivity (Wildman–Crippen MR) is 102 cm³/mol. The first-order chi connectivity index (χ1) is 12.5. The normalized spacial score (nSPS) is 10.3. The lowest BCUT2D eigenvalue weighted by atomic mass is 10.1.